The van der Waals surface area contributed by atoms with Crippen LogP contribution in [0.2, 0.25) is 5.02 Å². The summed E-state index contributed by atoms with van der Waals surface area (Å²) in [7, 11) is 0. The van der Waals surface area contributed by atoms with Gasteiger partial charge >= 0.3 is 0 Å². The van der Waals surface area contributed by atoms with Crippen LogP contribution in [0.15, 0.2) is 18.6 Å². The average molecular weight is 237 g/mol. The summed E-state index contributed by atoms with van der Waals surface area (Å²) in [5.41, 5.74) is 2.16. The van der Waals surface area contributed by atoms with Crippen LogP contribution in [-0.2, 0) is 12.8 Å². The molecule has 2 aromatic rings. The molecule has 0 fully saturated rings. The van der Waals surface area contributed by atoms with E-state index in [-0.39, 0.29) is 0 Å². The van der Waals surface area contributed by atoms with Crippen LogP contribution < -0.4 is 0 Å². The number of rotatable bonds is 3. The van der Waals surface area contributed by atoms with E-state index < -0.39 is 0 Å². The fourth-order valence-corrected chi connectivity index (χ4v) is 1.73. The second-order valence-electron chi connectivity index (χ2n) is 3.44. The molecule has 16 heavy (non-hydrogen) atoms. The molecule has 0 saturated carbocycles. The topological polar surface area (TPSA) is 43.6 Å². The van der Waals surface area contributed by atoms with Crippen LogP contribution in [0.25, 0.3) is 5.82 Å². The quantitative estimate of drug-likeness (QED) is 0.822. The first-order valence-corrected chi connectivity index (χ1v) is 5.67. The molecule has 0 saturated heterocycles. The highest BCUT2D eigenvalue weighted by Crippen LogP contribution is 2.18. The van der Waals surface area contributed by atoms with Gasteiger partial charge in [0.2, 0.25) is 0 Å². The molecule has 0 atom stereocenters. The Morgan fingerprint density at radius 1 is 1.31 bits per heavy atom. The third-order valence-electron chi connectivity index (χ3n) is 2.41. The molecule has 0 unspecified atom stereocenters. The van der Waals surface area contributed by atoms with Crippen molar-refractivity contribution >= 4 is 11.6 Å². The Labute approximate surface area is 99.3 Å². The second kappa shape index (κ2) is 4.61. The number of halogens is 1. The molecule has 84 valence electrons. The molecule has 0 aliphatic heterocycles. The van der Waals surface area contributed by atoms with E-state index in [0.29, 0.717) is 10.8 Å². The van der Waals surface area contributed by atoms with Crippen molar-refractivity contribution in [3.63, 3.8) is 0 Å². The first kappa shape index (κ1) is 11.1. The zero-order valence-corrected chi connectivity index (χ0v) is 10.1. The number of aryl methyl sites for hydroxylation is 2. The second-order valence-corrected chi connectivity index (χ2v) is 3.85. The van der Waals surface area contributed by atoms with Gasteiger partial charge in [-0.05, 0) is 18.9 Å². The molecule has 2 rings (SSSR count). The molecule has 0 spiro atoms. The van der Waals surface area contributed by atoms with Crippen LogP contribution in [-0.4, -0.2) is 19.7 Å². The monoisotopic (exact) mass is 236 g/mol. The van der Waals surface area contributed by atoms with Crippen molar-refractivity contribution in [1.82, 2.24) is 19.7 Å². The maximum absolute atomic E-state index is 6.05. The molecule has 0 N–H and O–H groups in total. The lowest BCUT2D eigenvalue weighted by Gasteiger charge is -2.05. The molecule has 0 bridgehead atoms. The number of hydrogen-bond donors (Lipinski definition) is 0. The Hall–Kier alpha value is -1.42. The molecule has 0 aliphatic carbocycles. The first-order valence-electron chi connectivity index (χ1n) is 5.30. The lowest BCUT2D eigenvalue weighted by atomic mass is 10.2. The third-order valence-corrected chi connectivity index (χ3v) is 2.67. The van der Waals surface area contributed by atoms with Gasteiger partial charge in [-0.25, -0.2) is 14.6 Å². The summed E-state index contributed by atoms with van der Waals surface area (Å²) in [5.74, 6) is 0.646. The van der Waals surface area contributed by atoms with E-state index in [0.717, 1.165) is 24.2 Å². The van der Waals surface area contributed by atoms with Gasteiger partial charge in [0.25, 0.3) is 0 Å². The Balaban J connectivity index is 2.54. The van der Waals surface area contributed by atoms with E-state index in [1.165, 1.54) is 6.33 Å². The maximum atomic E-state index is 6.05. The van der Waals surface area contributed by atoms with E-state index in [1.807, 2.05) is 0 Å². The SMILES string of the molecule is CCc1cc(CC)n(-c2ncncc2Cl)n1. The van der Waals surface area contributed by atoms with Gasteiger partial charge in [0, 0.05) is 5.69 Å². The van der Waals surface area contributed by atoms with E-state index >= 15 is 0 Å². The Kier molecular flexibility index (Phi) is 3.19. The van der Waals surface area contributed by atoms with Crippen LogP contribution >= 0.6 is 11.6 Å². The molecular formula is C11H13ClN4. The van der Waals surface area contributed by atoms with Gasteiger partial charge < -0.3 is 0 Å². The summed E-state index contributed by atoms with van der Waals surface area (Å²) in [4.78, 5) is 8.03. The maximum Gasteiger partial charge on any atom is 0.175 e. The minimum Gasteiger partial charge on any atom is -0.243 e. The molecule has 0 radical (unpaired) electrons. The largest absolute Gasteiger partial charge is 0.243 e. The van der Waals surface area contributed by atoms with Crippen molar-refractivity contribution in [3.8, 4) is 5.82 Å². The zero-order valence-electron chi connectivity index (χ0n) is 9.31. The van der Waals surface area contributed by atoms with Crippen molar-refractivity contribution in [3.05, 3.63) is 35.0 Å². The van der Waals surface area contributed by atoms with Crippen LogP contribution in [0, 0.1) is 0 Å². The van der Waals surface area contributed by atoms with Crippen molar-refractivity contribution in [2.24, 2.45) is 0 Å². The van der Waals surface area contributed by atoms with Gasteiger partial charge in [-0.3, -0.25) is 0 Å². The lowest BCUT2D eigenvalue weighted by Crippen LogP contribution is -2.05. The molecule has 0 amide bonds. The highest BCUT2D eigenvalue weighted by molar-refractivity contribution is 6.32. The van der Waals surface area contributed by atoms with Gasteiger partial charge in [-0.15, -0.1) is 0 Å². The zero-order chi connectivity index (χ0) is 11.5. The standard InChI is InChI=1S/C11H13ClN4/c1-3-8-5-9(4-2)16(15-8)11-10(12)6-13-7-14-11/h5-7H,3-4H2,1-2H3. The highest BCUT2D eigenvalue weighted by atomic mass is 35.5. The van der Waals surface area contributed by atoms with Gasteiger partial charge in [0.1, 0.15) is 11.3 Å². The van der Waals surface area contributed by atoms with E-state index in [2.05, 4.69) is 35.0 Å². The van der Waals surface area contributed by atoms with E-state index in [9.17, 15) is 0 Å². The molecule has 2 heterocycles. The summed E-state index contributed by atoms with van der Waals surface area (Å²) in [6.07, 6.45) is 4.86. The summed E-state index contributed by atoms with van der Waals surface area (Å²) in [6, 6.07) is 2.08. The van der Waals surface area contributed by atoms with Gasteiger partial charge in [-0.1, -0.05) is 25.4 Å². The number of aromatic nitrogens is 4. The van der Waals surface area contributed by atoms with Crippen LogP contribution in [0.5, 0.6) is 0 Å². The Morgan fingerprint density at radius 3 is 2.75 bits per heavy atom. The van der Waals surface area contributed by atoms with Crippen molar-refractivity contribution in [1.29, 1.82) is 0 Å². The van der Waals surface area contributed by atoms with Gasteiger partial charge in [0.05, 0.1) is 11.9 Å². The summed E-state index contributed by atoms with van der Waals surface area (Å²) in [5, 5.41) is 4.99. The first-order chi connectivity index (χ1) is 7.76. The van der Waals surface area contributed by atoms with Crippen molar-refractivity contribution in [2.45, 2.75) is 26.7 Å². The minimum atomic E-state index is 0.517. The van der Waals surface area contributed by atoms with E-state index in [1.54, 1.807) is 10.9 Å². The van der Waals surface area contributed by atoms with Crippen molar-refractivity contribution in [2.75, 3.05) is 0 Å². The smallest absolute Gasteiger partial charge is 0.175 e. The predicted octanol–water partition coefficient (Wildman–Crippen LogP) is 2.44. The summed E-state index contributed by atoms with van der Waals surface area (Å²) in [6.45, 7) is 4.16. The molecule has 0 aliphatic rings. The van der Waals surface area contributed by atoms with Gasteiger partial charge in [0.15, 0.2) is 5.82 Å². The Morgan fingerprint density at radius 2 is 2.12 bits per heavy atom. The summed E-state index contributed by atoms with van der Waals surface area (Å²) < 4.78 is 1.79. The fraction of sp³-hybridized carbons (Fsp3) is 0.364. The highest BCUT2D eigenvalue weighted by Gasteiger charge is 2.11. The lowest BCUT2D eigenvalue weighted by molar-refractivity contribution is 0.768. The fourth-order valence-electron chi connectivity index (χ4n) is 1.55. The van der Waals surface area contributed by atoms with Crippen molar-refractivity contribution < 1.29 is 0 Å². The van der Waals surface area contributed by atoms with E-state index in [4.69, 9.17) is 11.6 Å². The number of hydrogen-bond acceptors (Lipinski definition) is 3. The Bertz CT molecular complexity index is 492. The molecule has 5 heteroatoms. The average Bonchev–Trinajstić information content (AvgIpc) is 2.72. The normalized spacial score (nSPS) is 10.7. The third kappa shape index (κ3) is 1.93. The molecule has 0 aromatic carbocycles. The number of nitrogens with zero attached hydrogens (tertiary/aromatic N) is 4. The molecule has 4 nitrogen and oxygen atoms in total. The molecular weight excluding hydrogens is 224 g/mol. The van der Waals surface area contributed by atoms with Crippen LogP contribution in [0.4, 0.5) is 0 Å². The predicted molar refractivity (Wildman–Crippen MR) is 62.9 cm³/mol. The van der Waals surface area contributed by atoms with Crippen LogP contribution in [0.3, 0.4) is 0 Å². The molecule has 2 aromatic heterocycles. The minimum absolute atomic E-state index is 0.517. The van der Waals surface area contributed by atoms with Gasteiger partial charge in [-0.2, -0.15) is 5.10 Å². The summed E-state index contributed by atoms with van der Waals surface area (Å²) >= 11 is 6.05. The van der Waals surface area contributed by atoms with Crippen LogP contribution in [0.1, 0.15) is 25.2 Å².